The summed E-state index contributed by atoms with van der Waals surface area (Å²) in [5.74, 6) is -1.09. The molecular weight excluding hydrogens is 304 g/mol. The number of aryl methyl sites for hydroxylation is 2. The van der Waals surface area contributed by atoms with Crippen molar-refractivity contribution in [3.63, 3.8) is 0 Å². The molecule has 0 heterocycles. The SMILES string of the molecule is Cc1cc(C(C)(C)C)cc(C)c1CCNC(=O)CN(C)CC(=O)O. The van der Waals surface area contributed by atoms with Gasteiger partial charge >= 0.3 is 5.97 Å². The molecular formula is C19H30N2O3. The van der Waals surface area contributed by atoms with E-state index in [1.165, 1.54) is 27.2 Å². The number of carbonyl (C=O) groups is 2. The second-order valence-electron chi connectivity index (χ2n) is 7.50. The minimum absolute atomic E-state index is 0.0905. The van der Waals surface area contributed by atoms with Crippen LogP contribution in [-0.2, 0) is 21.4 Å². The van der Waals surface area contributed by atoms with E-state index in [-0.39, 0.29) is 24.4 Å². The Morgan fingerprint density at radius 3 is 2.12 bits per heavy atom. The number of carbonyl (C=O) groups excluding carboxylic acids is 1. The zero-order valence-electron chi connectivity index (χ0n) is 15.7. The molecule has 0 aromatic heterocycles. The highest BCUT2D eigenvalue weighted by molar-refractivity contribution is 5.79. The van der Waals surface area contributed by atoms with E-state index < -0.39 is 5.97 Å². The molecule has 5 nitrogen and oxygen atoms in total. The molecule has 2 N–H and O–H groups in total. The number of nitrogens with one attached hydrogen (secondary N) is 1. The Balaban J connectivity index is 2.59. The highest BCUT2D eigenvalue weighted by Gasteiger charge is 2.16. The Hall–Kier alpha value is -1.88. The van der Waals surface area contributed by atoms with Crippen LogP contribution < -0.4 is 5.32 Å². The predicted octanol–water partition coefficient (Wildman–Crippen LogP) is 2.28. The molecule has 5 heteroatoms. The number of aliphatic carboxylic acids is 1. The van der Waals surface area contributed by atoms with Gasteiger partial charge in [0.2, 0.25) is 5.91 Å². The summed E-state index contributed by atoms with van der Waals surface area (Å²) >= 11 is 0. The van der Waals surface area contributed by atoms with E-state index >= 15 is 0 Å². The fraction of sp³-hybridized carbons (Fsp3) is 0.579. The summed E-state index contributed by atoms with van der Waals surface area (Å²) in [7, 11) is 1.62. The van der Waals surface area contributed by atoms with Crippen LogP contribution in [0.1, 0.15) is 43.0 Å². The number of carboxylic acids is 1. The summed E-state index contributed by atoms with van der Waals surface area (Å²) < 4.78 is 0. The zero-order chi connectivity index (χ0) is 18.5. The first-order chi connectivity index (χ1) is 11.0. The van der Waals surface area contributed by atoms with Gasteiger partial charge in [-0.1, -0.05) is 32.9 Å². The van der Waals surface area contributed by atoms with Crippen molar-refractivity contribution in [2.24, 2.45) is 0 Å². The Labute approximate surface area is 145 Å². The molecule has 0 radical (unpaired) electrons. The van der Waals surface area contributed by atoms with Gasteiger partial charge in [0.05, 0.1) is 13.1 Å². The van der Waals surface area contributed by atoms with E-state index in [4.69, 9.17) is 5.11 Å². The van der Waals surface area contributed by atoms with Crippen molar-refractivity contribution in [1.29, 1.82) is 0 Å². The lowest BCUT2D eigenvalue weighted by atomic mass is 9.83. The molecule has 1 amide bonds. The molecule has 0 unspecified atom stereocenters. The van der Waals surface area contributed by atoms with Gasteiger partial charge < -0.3 is 10.4 Å². The quantitative estimate of drug-likeness (QED) is 0.802. The lowest BCUT2D eigenvalue weighted by molar-refractivity contribution is -0.138. The van der Waals surface area contributed by atoms with Crippen LogP contribution in [0.3, 0.4) is 0 Å². The summed E-state index contributed by atoms with van der Waals surface area (Å²) in [5, 5.41) is 11.5. The second-order valence-corrected chi connectivity index (χ2v) is 7.50. The predicted molar refractivity (Wildman–Crippen MR) is 96.5 cm³/mol. The van der Waals surface area contributed by atoms with Gasteiger partial charge in [0, 0.05) is 6.54 Å². The summed E-state index contributed by atoms with van der Waals surface area (Å²) in [6, 6.07) is 4.45. The van der Waals surface area contributed by atoms with Crippen molar-refractivity contribution < 1.29 is 14.7 Å². The Kier molecular flexibility index (Phi) is 6.96. The largest absolute Gasteiger partial charge is 0.480 e. The minimum atomic E-state index is -0.935. The molecule has 0 atom stereocenters. The van der Waals surface area contributed by atoms with Crippen LogP contribution in [0.4, 0.5) is 0 Å². The molecule has 0 aliphatic rings. The highest BCUT2D eigenvalue weighted by Crippen LogP contribution is 2.26. The van der Waals surface area contributed by atoms with Gasteiger partial charge in [-0.15, -0.1) is 0 Å². The Bertz CT molecular complexity index is 580. The van der Waals surface area contributed by atoms with E-state index in [0.29, 0.717) is 6.54 Å². The third kappa shape index (κ3) is 6.32. The zero-order valence-corrected chi connectivity index (χ0v) is 15.7. The van der Waals surface area contributed by atoms with Crippen LogP contribution in [0.25, 0.3) is 0 Å². The molecule has 0 spiro atoms. The number of benzene rings is 1. The van der Waals surface area contributed by atoms with Crippen LogP contribution in [0.15, 0.2) is 12.1 Å². The van der Waals surface area contributed by atoms with Crippen molar-refractivity contribution in [1.82, 2.24) is 10.2 Å². The maximum atomic E-state index is 11.8. The van der Waals surface area contributed by atoms with Gasteiger partial charge in [0.1, 0.15) is 0 Å². The number of hydrogen-bond acceptors (Lipinski definition) is 3. The first-order valence-electron chi connectivity index (χ1n) is 8.28. The van der Waals surface area contributed by atoms with Crippen molar-refractivity contribution >= 4 is 11.9 Å². The van der Waals surface area contributed by atoms with Gasteiger partial charge in [0.25, 0.3) is 0 Å². The fourth-order valence-electron chi connectivity index (χ4n) is 2.74. The summed E-state index contributed by atoms with van der Waals surface area (Å²) in [6.07, 6.45) is 0.774. The molecule has 0 fully saturated rings. The molecule has 24 heavy (non-hydrogen) atoms. The fourth-order valence-corrected chi connectivity index (χ4v) is 2.74. The third-order valence-corrected chi connectivity index (χ3v) is 4.08. The van der Waals surface area contributed by atoms with Crippen molar-refractivity contribution in [2.45, 2.75) is 46.5 Å². The molecule has 1 rings (SSSR count). The lowest BCUT2D eigenvalue weighted by Gasteiger charge is -2.22. The van der Waals surface area contributed by atoms with Crippen molar-refractivity contribution in [2.75, 3.05) is 26.7 Å². The van der Waals surface area contributed by atoms with Gasteiger partial charge in [-0.25, -0.2) is 0 Å². The van der Waals surface area contributed by atoms with Crippen molar-refractivity contribution in [3.05, 3.63) is 34.4 Å². The lowest BCUT2D eigenvalue weighted by Crippen LogP contribution is -2.38. The highest BCUT2D eigenvalue weighted by atomic mass is 16.4. The van der Waals surface area contributed by atoms with Crippen LogP contribution in [-0.4, -0.2) is 48.6 Å². The normalized spacial score (nSPS) is 11.6. The first kappa shape index (κ1) is 20.2. The first-order valence-corrected chi connectivity index (χ1v) is 8.28. The molecule has 134 valence electrons. The molecule has 0 saturated heterocycles. The topological polar surface area (TPSA) is 69.6 Å². The van der Waals surface area contributed by atoms with Gasteiger partial charge in [-0.05, 0) is 55.0 Å². The molecule has 0 saturated carbocycles. The number of rotatable bonds is 7. The van der Waals surface area contributed by atoms with Gasteiger partial charge in [0.15, 0.2) is 0 Å². The van der Waals surface area contributed by atoms with E-state index in [0.717, 1.165) is 6.42 Å². The number of hydrogen-bond donors (Lipinski definition) is 2. The van der Waals surface area contributed by atoms with Crippen molar-refractivity contribution in [3.8, 4) is 0 Å². The summed E-state index contributed by atoms with van der Waals surface area (Å²) in [4.78, 5) is 23.9. The van der Waals surface area contributed by atoms with E-state index in [1.807, 2.05) is 0 Å². The van der Waals surface area contributed by atoms with Crippen LogP contribution >= 0.6 is 0 Å². The Morgan fingerprint density at radius 1 is 1.12 bits per heavy atom. The maximum Gasteiger partial charge on any atom is 0.317 e. The number of likely N-dealkylation sites (N-methyl/N-ethyl adjacent to an activating group) is 1. The standard InChI is InChI=1S/C19H30N2O3/c1-13-9-15(19(3,4)5)10-14(2)16(13)7-8-20-17(22)11-21(6)12-18(23)24/h9-10H,7-8,11-12H2,1-6H3,(H,20,22)(H,23,24). The molecule has 1 aromatic rings. The van der Waals surface area contributed by atoms with E-state index in [2.05, 4.69) is 52.1 Å². The minimum Gasteiger partial charge on any atom is -0.480 e. The smallest absolute Gasteiger partial charge is 0.317 e. The van der Waals surface area contributed by atoms with Crippen LogP contribution in [0.2, 0.25) is 0 Å². The average Bonchev–Trinajstić information content (AvgIpc) is 2.39. The second kappa shape index (κ2) is 8.29. The van der Waals surface area contributed by atoms with Crippen LogP contribution in [0.5, 0.6) is 0 Å². The summed E-state index contributed by atoms with van der Waals surface area (Å²) in [5.41, 5.74) is 5.20. The number of amides is 1. The number of nitrogens with zero attached hydrogens (tertiary/aromatic N) is 1. The molecule has 1 aromatic carbocycles. The average molecular weight is 334 g/mol. The molecule has 0 aliphatic carbocycles. The van der Waals surface area contributed by atoms with Gasteiger partial charge in [-0.2, -0.15) is 0 Å². The van der Waals surface area contributed by atoms with Crippen LogP contribution in [0, 0.1) is 13.8 Å². The maximum absolute atomic E-state index is 11.8. The van der Waals surface area contributed by atoms with E-state index in [1.54, 1.807) is 7.05 Å². The Morgan fingerprint density at radius 2 is 1.67 bits per heavy atom. The van der Waals surface area contributed by atoms with Gasteiger partial charge in [-0.3, -0.25) is 14.5 Å². The molecule has 0 bridgehead atoms. The van der Waals surface area contributed by atoms with E-state index in [9.17, 15) is 9.59 Å². The molecule has 0 aliphatic heterocycles. The third-order valence-electron chi connectivity index (χ3n) is 4.08. The number of carboxylic acid groups (broad SMARTS) is 1. The summed E-state index contributed by atoms with van der Waals surface area (Å²) in [6.45, 7) is 11.3. The monoisotopic (exact) mass is 334 g/mol.